The van der Waals surface area contributed by atoms with Crippen LogP contribution in [0.15, 0.2) is 0 Å². The average Bonchev–Trinajstić information content (AvgIpc) is 2.23. The Labute approximate surface area is 105 Å². The molecule has 0 aliphatic carbocycles. The van der Waals surface area contributed by atoms with Gasteiger partial charge in [-0.3, -0.25) is 9.80 Å². The summed E-state index contributed by atoms with van der Waals surface area (Å²) in [5.41, 5.74) is 0.358. The second-order valence-corrected chi connectivity index (χ2v) is 7.43. The molecule has 3 N–H and O–H groups in total. The van der Waals surface area contributed by atoms with Crippen LogP contribution < -0.4 is 9.80 Å². The lowest BCUT2D eigenvalue weighted by molar-refractivity contribution is -1.18. The maximum Gasteiger partial charge on any atom is 0.213 e. The second kappa shape index (κ2) is 3.69. The summed E-state index contributed by atoms with van der Waals surface area (Å²) in [6.07, 6.45) is 4.81. The van der Waals surface area contributed by atoms with E-state index in [9.17, 15) is 5.11 Å². The maximum atomic E-state index is 10.6. The maximum absolute atomic E-state index is 10.6. The Morgan fingerprint density at radius 1 is 1.06 bits per heavy atom. The Morgan fingerprint density at radius 2 is 1.53 bits per heavy atom. The first-order valence-corrected chi connectivity index (χ1v) is 7.36. The van der Waals surface area contributed by atoms with Gasteiger partial charge in [-0.2, -0.15) is 0 Å². The second-order valence-electron chi connectivity index (χ2n) is 7.43. The quantitative estimate of drug-likeness (QED) is 0.562. The molecular formula is C14H28N2O+2. The molecule has 4 saturated heterocycles. The average molecular weight is 240 g/mol. The summed E-state index contributed by atoms with van der Waals surface area (Å²) in [7, 11) is 0. The molecule has 0 spiro atoms. The molecular weight excluding hydrogens is 212 g/mol. The van der Waals surface area contributed by atoms with Crippen molar-refractivity contribution >= 4 is 0 Å². The van der Waals surface area contributed by atoms with E-state index >= 15 is 0 Å². The van der Waals surface area contributed by atoms with Crippen LogP contribution in [0, 0.1) is 10.8 Å². The summed E-state index contributed by atoms with van der Waals surface area (Å²) in [6.45, 7) is 11.7. The largest absolute Gasteiger partial charge is 0.391 e. The van der Waals surface area contributed by atoms with Crippen molar-refractivity contribution in [2.75, 3.05) is 26.2 Å². The van der Waals surface area contributed by atoms with Gasteiger partial charge in [0.05, 0.1) is 49.5 Å². The first kappa shape index (κ1) is 11.9. The minimum Gasteiger partial charge on any atom is -0.391 e. The number of hydrogen-bond donors (Lipinski definition) is 3. The first-order chi connectivity index (χ1) is 7.98. The van der Waals surface area contributed by atoms with E-state index in [1.54, 1.807) is 9.80 Å². The molecule has 0 atom stereocenters. The molecule has 0 amide bonds. The number of piperidine rings is 2. The molecule has 4 rings (SSSR count). The van der Waals surface area contributed by atoms with Crippen molar-refractivity contribution in [2.24, 2.45) is 10.8 Å². The van der Waals surface area contributed by atoms with Crippen LogP contribution in [0.2, 0.25) is 0 Å². The highest BCUT2D eigenvalue weighted by Gasteiger charge is 2.67. The van der Waals surface area contributed by atoms with Gasteiger partial charge in [0.15, 0.2) is 0 Å². The number of quaternary nitrogens is 2. The van der Waals surface area contributed by atoms with E-state index in [0.29, 0.717) is 0 Å². The molecule has 4 aliphatic heterocycles. The fourth-order valence-corrected chi connectivity index (χ4v) is 5.15. The van der Waals surface area contributed by atoms with E-state index in [-0.39, 0.29) is 16.9 Å². The van der Waals surface area contributed by atoms with Crippen molar-refractivity contribution in [1.29, 1.82) is 0 Å². The van der Waals surface area contributed by atoms with E-state index < -0.39 is 0 Å². The zero-order valence-corrected chi connectivity index (χ0v) is 11.6. The number of aliphatic hydroxyl groups excluding tert-OH is 1. The smallest absolute Gasteiger partial charge is 0.213 e. The summed E-state index contributed by atoms with van der Waals surface area (Å²) in [4.78, 5) is 3.56. The highest BCUT2D eigenvalue weighted by molar-refractivity contribution is 5.00. The van der Waals surface area contributed by atoms with E-state index in [1.165, 1.54) is 45.4 Å². The van der Waals surface area contributed by atoms with Gasteiger partial charge in [-0.15, -0.1) is 0 Å². The molecule has 4 fully saturated rings. The summed E-state index contributed by atoms with van der Waals surface area (Å²) in [6, 6.07) is 0. The summed E-state index contributed by atoms with van der Waals surface area (Å²) >= 11 is 0. The zero-order chi connectivity index (χ0) is 12.3. The van der Waals surface area contributed by atoms with Crippen molar-refractivity contribution in [2.45, 2.75) is 52.3 Å². The standard InChI is InChI=1S/C14H26N2O/c1-4-5-6-11-15-7-13(2)8-16(11)10-14(3,9-15)12(13)17/h11-12,17H,4-10H2,1-3H3/p+2. The predicted octanol–water partition coefficient (Wildman–Crippen LogP) is -1.31. The van der Waals surface area contributed by atoms with E-state index in [1.807, 2.05) is 0 Å². The third-order valence-electron chi connectivity index (χ3n) is 5.68. The van der Waals surface area contributed by atoms with Crippen LogP contribution in [0.3, 0.4) is 0 Å². The fourth-order valence-electron chi connectivity index (χ4n) is 5.15. The van der Waals surface area contributed by atoms with Crippen LogP contribution in [0.4, 0.5) is 0 Å². The van der Waals surface area contributed by atoms with Crippen LogP contribution in [0.1, 0.15) is 40.0 Å². The summed E-state index contributed by atoms with van der Waals surface area (Å²) in [5, 5.41) is 10.6. The van der Waals surface area contributed by atoms with Gasteiger partial charge >= 0.3 is 0 Å². The van der Waals surface area contributed by atoms with Gasteiger partial charge in [0, 0.05) is 0 Å². The molecule has 17 heavy (non-hydrogen) atoms. The van der Waals surface area contributed by atoms with E-state index in [4.69, 9.17) is 0 Å². The van der Waals surface area contributed by atoms with Crippen LogP contribution in [0.25, 0.3) is 0 Å². The molecule has 4 aliphatic rings. The van der Waals surface area contributed by atoms with Gasteiger partial charge in [-0.25, -0.2) is 0 Å². The van der Waals surface area contributed by atoms with Gasteiger partial charge in [-0.05, 0) is 20.3 Å². The molecule has 98 valence electrons. The SMILES string of the molecule is CCCCC1[NH+]2CC3(C)C[NH+]1CC(C)(C2)C3O. The van der Waals surface area contributed by atoms with Crippen LogP contribution >= 0.6 is 0 Å². The number of unbranched alkanes of at least 4 members (excludes halogenated alkanes) is 1. The number of nitrogens with one attached hydrogen (secondary N) is 2. The van der Waals surface area contributed by atoms with Gasteiger partial charge < -0.3 is 5.11 Å². The minimum absolute atomic E-state index is 0.0744. The van der Waals surface area contributed by atoms with Crippen molar-refractivity contribution < 1.29 is 14.9 Å². The number of hydrogen-bond acceptors (Lipinski definition) is 1. The summed E-state index contributed by atoms with van der Waals surface area (Å²) < 4.78 is 0. The fraction of sp³-hybridized carbons (Fsp3) is 1.00. The van der Waals surface area contributed by atoms with Gasteiger partial charge in [0.1, 0.15) is 0 Å². The van der Waals surface area contributed by atoms with Crippen LogP contribution in [0.5, 0.6) is 0 Å². The molecule has 0 unspecified atom stereocenters. The third-order valence-corrected chi connectivity index (χ3v) is 5.68. The Hall–Kier alpha value is -0.120. The monoisotopic (exact) mass is 240 g/mol. The molecule has 4 bridgehead atoms. The first-order valence-electron chi connectivity index (χ1n) is 7.36. The third kappa shape index (κ3) is 1.59. The molecule has 0 aromatic carbocycles. The zero-order valence-electron chi connectivity index (χ0n) is 11.6. The molecule has 0 radical (unpaired) electrons. The Kier molecular flexibility index (Phi) is 2.59. The number of aliphatic hydroxyl groups is 1. The van der Waals surface area contributed by atoms with Crippen molar-refractivity contribution in [3.05, 3.63) is 0 Å². The van der Waals surface area contributed by atoms with Gasteiger partial charge in [-0.1, -0.05) is 13.3 Å². The van der Waals surface area contributed by atoms with Crippen LogP contribution in [-0.2, 0) is 0 Å². The Morgan fingerprint density at radius 3 is 1.94 bits per heavy atom. The minimum atomic E-state index is -0.0744. The lowest BCUT2D eigenvalue weighted by Gasteiger charge is -2.62. The highest BCUT2D eigenvalue weighted by Crippen LogP contribution is 2.38. The molecule has 3 heteroatoms. The Bertz CT molecular complexity index is 279. The topological polar surface area (TPSA) is 29.1 Å². The van der Waals surface area contributed by atoms with Gasteiger partial charge in [0.2, 0.25) is 6.17 Å². The predicted molar refractivity (Wildman–Crippen MR) is 66.9 cm³/mol. The molecule has 0 aromatic heterocycles. The normalized spacial score (nSPS) is 56.5. The van der Waals surface area contributed by atoms with Crippen LogP contribution in [-0.4, -0.2) is 43.6 Å². The lowest BCUT2D eigenvalue weighted by atomic mass is 9.60. The molecule has 0 aromatic rings. The van der Waals surface area contributed by atoms with E-state index in [0.717, 1.165) is 6.17 Å². The van der Waals surface area contributed by atoms with E-state index in [2.05, 4.69) is 20.8 Å². The molecule has 4 heterocycles. The lowest BCUT2D eigenvalue weighted by Crippen LogP contribution is -3.45. The molecule has 0 saturated carbocycles. The number of rotatable bonds is 3. The van der Waals surface area contributed by atoms with Crippen molar-refractivity contribution in [3.8, 4) is 0 Å². The summed E-state index contributed by atoms with van der Waals surface area (Å²) in [5.74, 6) is 0. The highest BCUT2D eigenvalue weighted by atomic mass is 16.3. The van der Waals surface area contributed by atoms with Crippen molar-refractivity contribution in [1.82, 2.24) is 0 Å². The Balaban J connectivity index is 1.83. The van der Waals surface area contributed by atoms with Crippen molar-refractivity contribution in [3.63, 3.8) is 0 Å². The molecule has 3 nitrogen and oxygen atoms in total. The van der Waals surface area contributed by atoms with Gasteiger partial charge in [0.25, 0.3) is 0 Å².